The molecule has 3 nitrogen and oxygen atoms in total. The molecule has 2 rings (SSSR count). The summed E-state index contributed by atoms with van der Waals surface area (Å²) < 4.78 is 43.7. The second-order valence-electron chi connectivity index (χ2n) is 4.01. The predicted molar refractivity (Wildman–Crippen MR) is 75.3 cm³/mol. The van der Waals surface area contributed by atoms with Gasteiger partial charge in [0.15, 0.2) is 0 Å². The molecule has 8 heteroatoms. The van der Waals surface area contributed by atoms with Crippen LogP contribution in [0.4, 0.5) is 19.0 Å². The summed E-state index contributed by atoms with van der Waals surface area (Å²) in [4.78, 5) is 3.90. The lowest BCUT2D eigenvalue weighted by Crippen LogP contribution is -2.07. The number of rotatable bonds is 3. The lowest BCUT2D eigenvalue weighted by molar-refractivity contribution is -0.137. The van der Waals surface area contributed by atoms with E-state index in [1.807, 2.05) is 0 Å². The van der Waals surface area contributed by atoms with Gasteiger partial charge >= 0.3 is 6.18 Å². The second-order valence-corrected chi connectivity index (χ2v) is 4.82. The van der Waals surface area contributed by atoms with E-state index in [0.717, 1.165) is 12.1 Å². The van der Waals surface area contributed by atoms with Crippen LogP contribution in [0.3, 0.4) is 0 Å². The van der Waals surface area contributed by atoms with Gasteiger partial charge in [-0.2, -0.15) is 18.2 Å². The molecule has 112 valence electrons. The quantitative estimate of drug-likeness (QED) is 0.832. The normalized spacial score (nSPS) is 11.3. The Morgan fingerprint density at radius 2 is 1.81 bits per heavy atom. The molecule has 0 atom stereocenters. The number of hydrogen-bond donors (Lipinski definition) is 1. The minimum atomic E-state index is -4.50. The molecule has 1 aromatic carbocycles. The van der Waals surface area contributed by atoms with Crippen molar-refractivity contribution in [2.24, 2.45) is 0 Å². The Bertz CT molecular complexity index is 662. The highest BCUT2D eigenvalue weighted by Gasteiger charge is 2.32. The molecule has 0 fully saturated rings. The first kappa shape index (κ1) is 15.7. The molecule has 0 amide bonds. The van der Waals surface area contributed by atoms with Crippen LogP contribution in [0.25, 0.3) is 0 Å². The molecule has 0 unspecified atom stereocenters. The largest absolute Gasteiger partial charge is 0.439 e. The van der Waals surface area contributed by atoms with Crippen molar-refractivity contribution in [3.8, 4) is 11.6 Å². The maximum absolute atomic E-state index is 12.8. The van der Waals surface area contributed by atoms with Crippen molar-refractivity contribution in [2.45, 2.75) is 6.18 Å². The van der Waals surface area contributed by atoms with E-state index in [1.54, 1.807) is 0 Å². The minimum Gasteiger partial charge on any atom is -0.439 e. The van der Waals surface area contributed by atoms with Gasteiger partial charge in [0.1, 0.15) is 11.6 Å². The number of aromatic nitrogens is 1. The summed E-state index contributed by atoms with van der Waals surface area (Å²) in [5, 5.41) is 3.10. The number of ether oxygens (including phenoxy) is 1. The van der Waals surface area contributed by atoms with Gasteiger partial charge in [0.25, 0.3) is 0 Å². The molecule has 0 spiro atoms. The molecule has 21 heavy (non-hydrogen) atoms. The fourth-order valence-electron chi connectivity index (χ4n) is 1.51. The van der Waals surface area contributed by atoms with Crippen molar-refractivity contribution in [3.63, 3.8) is 0 Å². The van der Waals surface area contributed by atoms with Gasteiger partial charge in [-0.25, -0.2) is 0 Å². The first-order chi connectivity index (χ1) is 9.79. The zero-order valence-electron chi connectivity index (χ0n) is 10.6. The summed E-state index contributed by atoms with van der Waals surface area (Å²) >= 11 is 11.6. The maximum Gasteiger partial charge on any atom is 0.416 e. The van der Waals surface area contributed by atoms with E-state index in [2.05, 4.69) is 10.3 Å². The third-order valence-electron chi connectivity index (χ3n) is 2.50. The van der Waals surface area contributed by atoms with E-state index in [-0.39, 0.29) is 22.5 Å². The zero-order valence-corrected chi connectivity index (χ0v) is 12.1. The third-order valence-corrected chi connectivity index (χ3v) is 3.24. The van der Waals surface area contributed by atoms with E-state index < -0.39 is 11.7 Å². The number of anilines is 1. The summed E-state index contributed by atoms with van der Waals surface area (Å²) in [7, 11) is 1.46. The van der Waals surface area contributed by atoms with Gasteiger partial charge < -0.3 is 10.1 Å². The van der Waals surface area contributed by atoms with Crippen molar-refractivity contribution in [1.29, 1.82) is 0 Å². The number of alkyl halides is 3. The molecular weight excluding hydrogens is 328 g/mol. The van der Waals surface area contributed by atoms with E-state index in [0.29, 0.717) is 5.02 Å². The molecule has 0 aliphatic rings. The lowest BCUT2D eigenvalue weighted by atomic mass is 10.2. The van der Waals surface area contributed by atoms with Crippen molar-refractivity contribution in [2.75, 3.05) is 12.4 Å². The molecule has 0 bridgehead atoms. The first-order valence-corrected chi connectivity index (χ1v) is 6.45. The van der Waals surface area contributed by atoms with Crippen molar-refractivity contribution >= 4 is 29.0 Å². The summed E-state index contributed by atoms with van der Waals surface area (Å²) in [5.41, 5.74) is -0.864. The van der Waals surface area contributed by atoms with Crippen LogP contribution in [0.15, 0.2) is 30.3 Å². The smallest absolute Gasteiger partial charge is 0.416 e. The molecule has 1 N–H and O–H groups in total. The van der Waals surface area contributed by atoms with Gasteiger partial charge in [0.05, 0.1) is 15.6 Å². The Labute approximate surface area is 128 Å². The van der Waals surface area contributed by atoms with Gasteiger partial charge in [-0.1, -0.05) is 23.2 Å². The first-order valence-electron chi connectivity index (χ1n) is 5.69. The topological polar surface area (TPSA) is 34.1 Å². The molecule has 2 aromatic rings. The number of nitrogens with one attached hydrogen (secondary N) is 1. The monoisotopic (exact) mass is 336 g/mol. The average molecular weight is 337 g/mol. The minimum absolute atomic E-state index is 0.0416. The average Bonchev–Trinajstić information content (AvgIpc) is 2.41. The van der Waals surface area contributed by atoms with Gasteiger partial charge in [-0.05, 0) is 18.2 Å². The van der Waals surface area contributed by atoms with Gasteiger partial charge in [0, 0.05) is 19.2 Å². The fraction of sp³-hybridized carbons (Fsp3) is 0.154. The van der Waals surface area contributed by atoms with Crippen LogP contribution in [0.5, 0.6) is 11.6 Å². The van der Waals surface area contributed by atoms with Crippen molar-refractivity contribution in [1.82, 2.24) is 4.98 Å². The molecule has 1 heterocycles. The van der Waals surface area contributed by atoms with Crippen LogP contribution < -0.4 is 10.1 Å². The lowest BCUT2D eigenvalue weighted by Gasteiger charge is -2.12. The standard InChI is InChI=1S/C13H9Cl2F3N2O/c1-19-11-4-7(13(16,17)18)5-12(20-11)21-8-2-3-9(14)10(15)6-8/h2-6H,1H3,(H,19,20). The molecular formula is C13H9Cl2F3N2O. The second kappa shape index (κ2) is 5.99. The summed E-state index contributed by atoms with van der Waals surface area (Å²) in [5.74, 6) is 0.0747. The molecule has 0 radical (unpaired) electrons. The Kier molecular flexibility index (Phi) is 4.49. The number of benzene rings is 1. The number of pyridine rings is 1. The maximum atomic E-state index is 12.8. The van der Waals surface area contributed by atoms with E-state index >= 15 is 0 Å². The summed E-state index contributed by atoms with van der Waals surface area (Å²) in [6.45, 7) is 0. The highest BCUT2D eigenvalue weighted by atomic mass is 35.5. The molecule has 0 saturated carbocycles. The van der Waals surface area contributed by atoms with Crippen LogP contribution >= 0.6 is 23.2 Å². The predicted octanol–water partition coefficient (Wildman–Crippen LogP) is 5.24. The Balaban J connectivity index is 2.36. The van der Waals surface area contributed by atoms with Gasteiger partial charge in [-0.15, -0.1) is 0 Å². The molecule has 0 saturated heterocycles. The van der Waals surface area contributed by atoms with E-state index in [4.69, 9.17) is 27.9 Å². The van der Waals surface area contributed by atoms with E-state index in [1.165, 1.54) is 25.2 Å². The van der Waals surface area contributed by atoms with Crippen LogP contribution in [-0.4, -0.2) is 12.0 Å². The van der Waals surface area contributed by atoms with E-state index in [9.17, 15) is 13.2 Å². The summed E-state index contributed by atoms with van der Waals surface area (Å²) in [6, 6.07) is 6.05. The molecule has 0 aliphatic heterocycles. The van der Waals surface area contributed by atoms with Crippen LogP contribution in [0, 0.1) is 0 Å². The number of hydrogen-bond acceptors (Lipinski definition) is 3. The highest BCUT2D eigenvalue weighted by molar-refractivity contribution is 6.42. The zero-order chi connectivity index (χ0) is 15.6. The SMILES string of the molecule is CNc1cc(C(F)(F)F)cc(Oc2ccc(Cl)c(Cl)c2)n1. The van der Waals surface area contributed by atoms with Crippen molar-refractivity contribution in [3.05, 3.63) is 45.9 Å². The van der Waals surface area contributed by atoms with Crippen LogP contribution in [0.1, 0.15) is 5.56 Å². The number of halogens is 5. The summed E-state index contributed by atoms with van der Waals surface area (Å²) in [6.07, 6.45) is -4.50. The van der Waals surface area contributed by atoms with Crippen LogP contribution in [0.2, 0.25) is 10.0 Å². The Morgan fingerprint density at radius 3 is 2.38 bits per heavy atom. The van der Waals surface area contributed by atoms with Crippen LogP contribution in [-0.2, 0) is 6.18 Å². The Morgan fingerprint density at radius 1 is 1.10 bits per heavy atom. The highest BCUT2D eigenvalue weighted by Crippen LogP contribution is 2.34. The number of nitrogens with zero attached hydrogens (tertiary/aromatic N) is 1. The Hall–Kier alpha value is -1.66. The third kappa shape index (κ3) is 3.92. The van der Waals surface area contributed by atoms with Gasteiger partial charge in [-0.3, -0.25) is 0 Å². The van der Waals surface area contributed by atoms with Gasteiger partial charge in [0.2, 0.25) is 5.88 Å². The molecule has 1 aromatic heterocycles. The fourth-order valence-corrected chi connectivity index (χ4v) is 1.80. The molecule has 0 aliphatic carbocycles. The van der Waals surface area contributed by atoms with Crippen molar-refractivity contribution < 1.29 is 17.9 Å².